The Hall–Kier alpha value is -0.900. The van der Waals surface area contributed by atoms with E-state index in [0.29, 0.717) is 6.04 Å². The van der Waals surface area contributed by atoms with Gasteiger partial charge in [0.2, 0.25) is 0 Å². The van der Waals surface area contributed by atoms with Crippen LogP contribution in [-0.4, -0.2) is 42.3 Å². The van der Waals surface area contributed by atoms with E-state index in [1.54, 1.807) is 0 Å². The summed E-state index contributed by atoms with van der Waals surface area (Å²) in [5.41, 5.74) is 1.57. The van der Waals surface area contributed by atoms with Crippen LogP contribution in [0.15, 0.2) is 30.3 Å². The zero-order chi connectivity index (χ0) is 13.9. The third-order valence-electron chi connectivity index (χ3n) is 4.01. The molecule has 1 saturated heterocycles. The van der Waals surface area contributed by atoms with Gasteiger partial charge in [-0.15, -0.1) is 0 Å². The molecule has 2 N–H and O–H groups in total. The van der Waals surface area contributed by atoms with Gasteiger partial charge in [-0.05, 0) is 17.9 Å². The van der Waals surface area contributed by atoms with Gasteiger partial charge in [-0.2, -0.15) is 0 Å². The van der Waals surface area contributed by atoms with Crippen molar-refractivity contribution in [2.24, 2.45) is 5.41 Å². The molecule has 0 bridgehead atoms. The summed E-state index contributed by atoms with van der Waals surface area (Å²) in [4.78, 5) is 2.48. The molecule has 1 heterocycles. The van der Waals surface area contributed by atoms with Gasteiger partial charge in [0.1, 0.15) is 0 Å². The fraction of sp³-hybridized carbons (Fsp3) is 0.625. The third-order valence-corrected chi connectivity index (χ3v) is 4.01. The van der Waals surface area contributed by atoms with Crippen LogP contribution in [0.2, 0.25) is 0 Å². The minimum absolute atomic E-state index is 0.174. The van der Waals surface area contributed by atoms with E-state index in [9.17, 15) is 5.11 Å². The molecule has 1 fully saturated rings. The summed E-state index contributed by atoms with van der Waals surface area (Å²) in [5, 5.41) is 12.9. The Bertz CT molecular complexity index is 391. The summed E-state index contributed by atoms with van der Waals surface area (Å²) in [7, 11) is 0. The van der Waals surface area contributed by atoms with Crippen molar-refractivity contribution in [1.82, 2.24) is 10.2 Å². The number of hydrogen-bond acceptors (Lipinski definition) is 3. The highest BCUT2D eigenvalue weighted by atomic mass is 16.3. The van der Waals surface area contributed by atoms with Crippen molar-refractivity contribution in [3.05, 3.63) is 35.9 Å². The maximum absolute atomic E-state index is 9.47. The average Bonchev–Trinajstić information content (AvgIpc) is 2.57. The molecule has 2 unspecified atom stereocenters. The van der Waals surface area contributed by atoms with E-state index < -0.39 is 0 Å². The summed E-state index contributed by atoms with van der Waals surface area (Å²) < 4.78 is 0. The molecule has 0 aromatic heterocycles. The molecule has 1 aliphatic rings. The zero-order valence-corrected chi connectivity index (χ0v) is 12.3. The second-order valence-corrected chi connectivity index (χ2v) is 6.44. The molecule has 0 spiro atoms. The number of aliphatic hydroxyl groups is 1. The lowest BCUT2D eigenvalue weighted by Gasteiger charge is -2.34. The topological polar surface area (TPSA) is 35.5 Å². The van der Waals surface area contributed by atoms with Crippen LogP contribution in [0.5, 0.6) is 0 Å². The highest BCUT2D eigenvalue weighted by Crippen LogP contribution is 2.27. The number of hydrogen-bond donors (Lipinski definition) is 2. The van der Waals surface area contributed by atoms with Crippen LogP contribution in [0.3, 0.4) is 0 Å². The van der Waals surface area contributed by atoms with E-state index in [4.69, 9.17) is 0 Å². The first-order valence-electron chi connectivity index (χ1n) is 7.15. The quantitative estimate of drug-likeness (QED) is 0.875. The average molecular weight is 262 g/mol. The molecule has 3 nitrogen and oxygen atoms in total. The van der Waals surface area contributed by atoms with Crippen molar-refractivity contribution in [3.8, 4) is 0 Å². The van der Waals surface area contributed by atoms with Crippen molar-refractivity contribution in [1.29, 1.82) is 0 Å². The van der Waals surface area contributed by atoms with Gasteiger partial charge in [-0.25, -0.2) is 0 Å². The molecule has 1 aliphatic heterocycles. The maximum atomic E-state index is 9.47. The first-order chi connectivity index (χ1) is 9.02. The summed E-state index contributed by atoms with van der Waals surface area (Å²) in [5.74, 6) is 0. The lowest BCUT2D eigenvalue weighted by atomic mass is 9.92. The number of rotatable bonds is 3. The molecule has 2 atom stereocenters. The van der Waals surface area contributed by atoms with E-state index in [-0.39, 0.29) is 18.1 Å². The minimum atomic E-state index is 0.174. The second-order valence-electron chi connectivity index (χ2n) is 6.44. The molecule has 0 saturated carbocycles. The maximum Gasteiger partial charge on any atom is 0.0597 e. The fourth-order valence-corrected chi connectivity index (χ4v) is 2.80. The number of nitrogens with zero attached hydrogens (tertiary/aromatic N) is 1. The van der Waals surface area contributed by atoms with E-state index in [1.165, 1.54) is 5.56 Å². The Morgan fingerprint density at radius 3 is 2.68 bits per heavy atom. The smallest absolute Gasteiger partial charge is 0.0597 e. The Balaban J connectivity index is 2.16. The first kappa shape index (κ1) is 14.5. The van der Waals surface area contributed by atoms with Gasteiger partial charge < -0.3 is 10.4 Å². The molecule has 106 valence electrons. The van der Waals surface area contributed by atoms with Crippen LogP contribution in [0, 0.1) is 5.41 Å². The summed E-state index contributed by atoms with van der Waals surface area (Å²) in [6.07, 6.45) is 0. The monoisotopic (exact) mass is 262 g/mol. The molecule has 0 amide bonds. The van der Waals surface area contributed by atoms with Crippen molar-refractivity contribution in [2.45, 2.75) is 32.9 Å². The van der Waals surface area contributed by atoms with Gasteiger partial charge in [-0.3, -0.25) is 4.90 Å². The van der Waals surface area contributed by atoms with Crippen molar-refractivity contribution in [2.75, 3.05) is 26.2 Å². The van der Waals surface area contributed by atoms with Gasteiger partial charge >= 0.3 is 0 Å². The van der Waals surface area contributed by atoms with Crippen LogP contribution in [0.1, 0.15) is 32.4 Å². The second kappa shape index (κ2) is 6.04. The molecule has 0 aliphatic carbocycles. The summed E-state index contributed by atoms with van der Waals surface area (Å²) in [6.45, 7) is 9.92. The first-order valence-corrected chi connectivity index (χ1v) is 7.15. The molecule has 19 heavy (non-hydrogen) atoms. The van der Waals surface area contributed by atoms with E-state index in [0.717, 1.165) is 19.6 Å². The standard InChI is InChI=1S/C16H26N2O/c1-13(14-7-5-4-6-8-14)18-9-15(10-19)17-11-16(2,3)12-18/h4-8,13,15,17,19H,9-12H2,1-3H3. The van der Waals surface area contributed by atoms with Crippen molar-refractivity contribution >= 4 is 0 Å². The number of benzene rings is 1. The molecule has 2 rings (SSSR count). The van der Waals surface area contributed by atoms with Gasteiger partial charge in [0.25, 0.3) is 0 Å². The SMILES string of the molecule is CC(c1ccccc1)N1CC(CO)NCC(C)(C)C1. The lowest BCUT2D eigenvalue weighted by molar-refractivity contribution is 0.143. The van der Waals surface area contributed by atoms with Crippen molar-refractivity contribution in [3.63, 3.8) is 0 Å². The highest BCUT2D eigenvalue weighted by molar-refractivity contribution is 5.18. The Kier molecular flexibility index (Phi) is 4.61. The Morgan fingerprint density at radius 1 is 1.37 bits per heavy atom. The Labute approximate surface area is 116 Å². The predicted octanol–water partition coefficient (Wildman–Crippen LogP) is 2.04. The largest absolute Gasteiger partial charge is 0.395 e. The lowest BCUT2D eigenvalue weighted by Crippen LogP contribution is -2.41. The molecule has 0 radical (unpaired) electrons. The fourth-order valence-electron chi connectivity index (χ4n) is 2.80. The van der Waals surface area contributed by atoms with Crippen LogP contribution < -0.4 is 5.32 Å². The molecule has 1 aromatic carbocycles. The molecular weight excluding hydrogens is 236 g/mol. The molecule has 1 aromatic rings. The van der Waals surface area contributed by atoms with Crippen LogP contribution in [-0.2, 0) is 0 Å². The van der Waals surface area contributed by atoms with E-state index in [1.807, 2.05) is 0 Å². The normalized spacial score (nSPS) is 25.8. The van der Waals surface area contributed by atoms with E-state index in [2.05, 4.69) is 61.3 Å². The summed E-state index contributed by atoms with van der Waals surface area (Å²) >= 11 is 0. The van der Waals surface area contributed by atoms with Gasteiger partial charge in [0.05, 0.1) is 6.61 Å². The molecule has 3 heteroatoms. The van der Waals surface area contributed by atoms with Crippen LogP contribution in [0.4, 0.5) is 0 Å². The predicted molar refractivity (Wildman–Crippen MR) is 79.1 cm³/mol. The van der Waals surface area contributed by atoms with E-state index >= 15 is 0 Å². The Morgan fingerprint density at radius 2 is 2.05 bits per heavy atom. The van der Waals surface area contributed by atoms with Crippen molar-refractivity contribution < 1.29 is 5.11 Å². The van der Waals surface area contributed by atoms with Crippen LogP contribution in [0.25, 0.3) is 0 Å². The number of aliphatic hydroxyl groups excluding tert-OH is 1. The highest BCUT2D eigenvalue weighted by Gasteiger charge is 2.31. The summed E-state index contributed by atoms with van der Waals surface area (Å²) in [6, 6.07) is 11.2. The molecular formula is C16H26N2O. The van der Waals surface area contributed by atoms with Gasteiger partial charge in [0, 0.05) is 31.7 Å². The van der Waals surface area contributed by atoms with Gasteiger partial charge in [-0.1, -0.05) is 44.2 Å². The van der Waals surface area contributed by atoms with Crippen LogP contribution >= 0.6 is 0 Å². The van der Waals surface area contributed by atoms with Gasteiger partial charge in [0.15, 0.2) is 0 Å². The third kappa shape index (κ3) is 3.78. The number of nitrogens with one attached hydrogen (secondary N) is 1. The minimum Gasteiger partial charge on any atom is -0.395 e. The zero-order valence-electron chi connectivity index (χ0n) is 12.3.